The Hall–Kier alpha value is 0.157. The third kappa shape index (κ3) is 7.77. The van der Waals surface area contributed by atoms with Crippen molar-refractivity contribution in [2.75, 3.05) is 0 Å². The number of pyridine rings is 1. The Balaban J connectivity index is 3.46. The molecular formula is C17H27BrClF3N2O2SSi. The molecule has 0 fully saturated rings. The number of nitrogens with zero attached hydrogens (tertiary/aromatic N) is 1. The molecule has 3 atom stereocenters. The van der Waals surface area contributed by atoms with E-state index < -0.39 is 48.7 Å². The molecule has 0 spiro atoms. The van der Waals surface area contributed by atoms with Gasteiger partial charge < -0.3 is 8.98 Å². The maximum atomic E-state index is 13.8. The molecule has 0 amide bonds. The number of nitrogens with one attached hydrogen (secondary N) is 1. The standard InChI is InChI=1S/C17H27BrClF3N2O2SSi/c1-15(2,3)27(25)24-16(4,14-11(19)8-9-13(18)23-14)10-12(17(20,21)22)26-28(5,6)7/h8-9,12,24H,10H2,1-7H3/t12-,16+,27?/m1/s1. The van der Waals surface area contributed by atoms with Crippen molar-refractivity contribution in [1.82, 2.24) is 9.71 Å². The fourth-order valence-electron chi connectivity index (χ4n) is 2.37. The van der Waals surface area contributed by atoms with E-state index in [2.05, 4.69) is 25.6 Å². The summed E-state index contributed by atoms with van der Waals surface area (Å²) in [6.07, 6.45) is -7.16. The summed E-state index contributed by atoms with van der Waals surface area (Å²) in [4.78, 5) is 4.29. The fraction of sp³-hybridized carbons (Fsp3) is 0.706. The molecule has 1 rings (SSSR count). The Labute approximate surface area is 182 Å². The van der Waals surface area contributed by atoms with Crippen LogP contribution in [0.15, 0.2) is 16.7 Å². The second-order valence-corrected chi connectivity index (χ2v) is 16.4. The first kappa shape index (κ1) is 26.2. The third-order valence-electron chi connectivity index (χ3n) is 3.66. The third-order valence-corrected chi connectivity index (χ3v) is 7.15. The van der Waals surface area contributed by atoms with Gasteiger partial charge in [0, 0.05) is 17.8 Å². The summed E-state index contributed by atoms with van der Waals surface area (Å²) in [5, 5.41) is 0.179. The number of rotatable bonds is 7. The topological polar surface area (TPSA) is 57.2 Å². The van der Waals surface area contributed by atoms with Crippen molar-refractivity contribution in [2.24, 2.45) is 0 Å². The van der Waals surface area contributed by atoms with E-state index in [0.29, 0.717) is 4.60 Å². The second kappa shape index (κ2) is 9.11. The van der Waals surface area contributed by atoms with E-state index in [1.807, 2.05) is 0 Å². The molecule has 11 heteroatoms. The molecule has 4 nitrogen and oxygen atoms in total. The molecule has 0 aromatic carbocycles. The summed E-state index contributed by atoms with van der Waals surface area (Å²) in [7, 11) is -2.52. The Kier molecular flexibility index (Phi) is 8.52. The average molecular weight is 524 g/mol. The normalized spacial score (nSPS) is 17.9. The Morgan fingerprint density at radius 1 is 1.25 bits per heavy atom. The highest BCUT2D eigenvalue weighted by Crippen LogP contribution is 2.39. The van der Waals surface area contributed by atoms with Crippen LogP contribution in [0.4, 0.5) is 13.2 Å². The van der Waals surface area contributed by atoms with Gasteiger partial charge in [0.25, 0.3) is 0 Å². The molecule has 0 aliphatic heterocycles. The molecule has 28 heavy (non-hydrogen) atoms. The van der Waals surface area contributed by atoms with Gasteiger partial charge in [0.2, 0.25) is 0 Å². The van der Waals surface area contributed by atoms with Gasteiger partial charge in [-0.1, -0.05) is 11.6 Å². The first-order valence-electron chi connectivity index (χ1n) is 8.62. The van der Waals surface area contributed by atoms with Crippen LogP contribution < -0.4 is 4.72 Å². The van der Waals surface area contributed by atoms with Crippen molar-refractivity contribution >= 4 is 47.2 Å². The van der Waals surface area contributed by atoms with E-state index in [4.69, 9.17) is 16.0 Å². The minimum absolute atomic E-state index is 0.176. The van der Waals surface area contributed by atoms with Crippen LogP contribution in [0.2, 0.25) is 24.7 Å². The summed E-state index contributed by atoms with van der Waals surface area (Å²) in [6.45, 7) is 11.8. The molecule has 162 valence electrons. The van der Waals surface area contributed by atoms with E-state index in [0.717, 1.165) is 0 Å². The van der Waals surface area contributed by atoms with E-state index in [1.54, 1.807) is 46.5 Å². The van der Waals surface area contributed by atoms with Gasteiger partial charge in [0.05, 0.1) is 10.7 Å². The summed E-state index contributed by atoms with van der Waals surface area (Å²) in [5.74, 6) is 0. The number of alkyl halides is 3. The van der Waals surface area contributed by atoms with Gasteiger partial charge in [0.1, 0.15) is 21.0 Å². The van der Waals surface area contributed by atoms with Gasteiger partial charge in [-0.15, -0.1) is 4.72 Å². The van der Waals surface area contributed by atoms with Crippen LogP contribution in [0.3, 0.4) is 0 Å². The van der Waals surface area contributed by atoms with Crippen LogP contribution in [-0.2, 0) is 21.3 Å². The molecule has 1 N–H and O–H groups in total. The van der Waals surface area contributed by atoms with Gasteiger partial charge in [-0.2, -0.15) is 13.2 Å². The lowest BCUT2D eigenvalue weighted by molar-refractivity contribution is -0.203. The molecule has 0 saturated heterocycles. The summed E-state index contributed by atoms with van der Waals surface area (Å²) < 4.78 is 62.1. The fourth-order valence-corrected chi connectivity index (χ4v) is 4.96. The monoisotopic (exact) mass is 522 g/mol. The van der Waals surface area contributed by atoms with Gasteiger partial charge >= 0.3 is 6.18 Å². The smallest absolute Gasteiger partial charge is 0.413 e. The van der Waals surface area contributed by atoms with Gasteiger partial charge in [0.15, 0.2) is 8.32 Å². The lowest BCUT2D eigenvalue weighted by Gasteiger charge is -2.38. The van der Waals surface area contributed by atoms with E-state index in [-0.39, 0.29) is 10.7 Å². The first-order valence-corrected chi connectivity index (χ1v) is 14.3. The zero-order chi connectivity index (χ0) is 22.1. The van der Waals surface area contributed by atoms with Crippen molar-refractivity contribution in [2.45, 2.75) is 76.3 Å². The molecule has 1 aromatic rings. The average Bonchev–Trinajstić information content (AvgIpc) is 2.45. The Morgan fingerprint density at radius 3 is 2.21 bits per heavy atom. The molecule has 0 saturated carbocycles. The molecule has 1 aromatic heterocycles. The Morgan fingerprint density at radius 2 is 1.79 bits per heavy atom. The van der Waals surface area contributed by atoms with Crippen molar-refractivity contribution in [3.05, 3.63) is 27.5 Å². The van der Waals surface area contributed by atoms with Crippen LogP contribution in [0, 0.1) is 0 Å². The molecular weight excluding hydrogens is 497 g/mol. The number of halogens is 5. The van der Waals surface area contributed by atoms with Gasteiger partial charge in [-0.05, 0) is 75.4 Å². The zero-order valence-electron chi connectivity index (χ0n) is 17.0. The number of hydrogen-bond donors (Lipinski definition) is 1. The van der Waals surface area contributed by atoms with Gasteiger partial charge in [-0.3, -0.25) is 0 Å². The minimum Gasteiger partial charge on any atom is -0.598 e. The Bertz CT molecular complexity index is 686. The first-order chi connectivity index (χ1) is 12.3. The highest BCUT2D eigenvalue weighted by Gasteiger charge is 2.50. The zero-order valence-corrected chi connectivity index (χ0v) is 21.2. The lowest BCUT2D eigenvalue weighted by atomic mass is 9.91. The number of aromatic nitrogens is 1. The predicted molar refractivity (Wildman–Crippen MR) is 114 cm³/mol. The van der Waals surface area contributed by atoms with Crippen molar-refractivity contribution in [3.63, 3.8) is 0 Å². The highest BCUT2D eigenvalue weighted by molar-refractivity contribution is 9.10. The number of hydrogen-bond acceptors (Lipinski definition) is 4. The SMILES string of the molecule is CC(C)(C)[S+]([O-])N[C@@](C)(C[C@@H](O[Si](C)(C)C)C(F)(F)F)c1nc(Br)ccc1Cl. The quantitative estimate of drug-likeness (QED) is 0.273. The van der Waals surface area contributed by atoms with Crippen molar-refractivity contribution < 1.29 is 22.2 Å². The summed E-state index contributed by atoms with van der Waals surface area (Å²) in [6, 6.07) is 3.13. The lowest BCUT2D eigenvalue weighted by Crippen LogP contribution is -2.54. The molecule has 1 heterocycles. The minimum atomic E-state index is -4.59. The highest BCUT2D eigenvalue weighted by atomic mass is 79.9. The van der Waals surface area contributed by atoms with Crippen LogP contribution in [0.1, 0.15) is 39.8 Å². The summed E-state index contributed by atoms with van der Waals surface area (Å²) in [5.41, 5.74) is -1.27. The second-order valence-electron chi connectivity index (χ2n) is 8.74. The van der Waals surface area contributed by atoms with Gasteiger partial charge in [-0.25, -0.2) is 4.98 Å². The van der Waals surface area contributed by atoms with Crippen LogP contribution in [0.5, 0.6) is 0 Å². The van der Waals surface area contributed by atoms with Crippen molar-refractivity contribution in [1.29, 1.82) is 0 Å². The molecule has 0 aliphatic carbocycles. The summed E-state index contributed by atoms with van der Waals surface area (Å²) >= 11 is 7.84. The maximum Gasteiger partial charge on any atom is 0.413 e. The molecule has 0 radical (unpaired) electrons. The van der Waals surface area contributed by atoms with Crippen LogP contribution >= 0.6 is 27.5 Å². The van der Waals surface area contributed by atoms with E-state index in [9.17, 15) is 17.7 Å². The van der Waals surface area contributed by atoms with Crippen LogP contribution in [0.25, 0.3) is 0 Å². The maximum absolute atomic E-state index is 13.8. The van der Waals surface area contributed by atoms with Crippen LogP contribution in [-0.4, -0.2) is 34.9 Å². The molecule has 1 unspecified atom stereocenters. The van der Waals surface area contributed by atoms with E-state index in [1.165, 1.54) is 13.0 Å². The predicted octanol–water partition coefficient (Wildman–Crippen LogP) is 5.94. The molecule has 0 bridgehead atoms. The molecule has 0 aliphatic rings. The largest absolute Gasteiger partial charge is 0.598 e. The van der Waals surface area contributed by atoms with E-state index >= 15 is 0 Å². The van der Waals surface area contributed by atoms with Crippen molar-refractivity contribution in [3.8, 4) is 0 Å².